The number of furan rings is 1. The van der Waals surface area contributed by atoms with E-state index in [1.165, 1.54) is 5.56 Å². The van der Waals surface area contributed by atoms with Crippen molar-refractivity contribution in [2.24, 2.45) is 0 Å². The lowest BCUT2D eigenvalue weighted by atomic mass is 10.2. The van der Waals surface area contributed by atoms with Crippen LogP contribution in [-0.4, -0.2) is 24.0 Å². The van der Waals surface area contributed by atoms with Crippen molar-refractivity contribution in [1.82, 2.24) is 10.2 Å². The van der Waals surface area contributed by atoms with Crippen molar-refractivity contribution >= 4 is 0 Å². The van der Waals surface area contributed by atoms with Crippen LogP contribution in [0.15, 0.2) is 42.1 Å². The Morgan fingerprint density at radius 3 is 2.56 bits per heavy atom. The maximum absolute atomic E-state index is 5.57. The van der Waals surface area contributed by atoms with Gasteiger partial charge in [-0.25, -0.2) is 0 Å². The Labute approximate surface area is 110 Å². The summed E-state index contributed by atoms with van der Waals surface area (Å²) in [5, 5.41) is 3.41. The lowest BCUT2D eigenvalue weighted by molar-refractivity contribution is 0.292. The SMILES string of the molecule is C=CCN(CC=C)Cc1occc1CNC(C)C. The summed E-state index contributed by atoms with van der Waals surface area (Å²) in [7, 11) is 0. The Hall–Kier alpha value is -1.32. The van der Waals surface area contributed by atoms with E-state index < -0.39 is 0 Å². The van der Waals surface area contributed by atoms with Crippen LogP contribution < -0.4 is 5.32 Å². The van der Waals surface area contributed by atoms with Crippen LogP contribution in [0.5, 0.6) is 0 Å². The molecule has 3 heteroatoms. The van der Waals surface area contributed by atoms with Gasteiger partial charge in [0.2, 0.25) is 0 Å². The van der Waals surface area contributed by atoms with Gasteiger partial charge in [0.25, 0.3) is 0 Å². The lowest BCUT2D eigenvalue weighted by Crippen LogP contribution is -2.25. The number of nitrogens with one attached hydrogen (secondary N) is 1. The van der Waals surface area contributed by atoms with E-state index in [4.69, 9.17) is 4.42 Å². The van der Waals surface area contributed by atoms with Crippen LogP contribution in [-0.2, 0) is 13.1 Å². The fourth-order valence-electron chi connectivity index (χ4n) is 1.75. The van der Waals surface area contributed by atoms with Gasteiger partial charge in [0.1, 0.15) is 5.76 Å². The van der Waals surface area contributed by atoms with Gasteiger partial charge in [-0.1, -0.05) is 26.0 Å². The molecular formula is C15H24N2O. The smallest absolute Gasteiger partial charge is 0.122 e. The average molecular weight is 248 g/mol. The third-order valence-electron chi connectivity index (χ3n) is 2.68. The van der Waals surface area contributed by atoms with E-state index in [9.17, 15) is 0 Å². The van der Waals surface area contributed by atoms with Crippen LogP contribution in [0.4, 0.5) is 0 Å². The molecule has 1 heterocycles. The van der Waals surface area contributed by atoms with Crippen molar-refractivity contribution in [3.63, 3.8) is 0 Å². The molecule has 18 heavy (non-hydrogen) atoms. The third-order valence-corrected chi connectivity index (χ3v) is 2.68. The molecule has 0 aromatic carbocycles. The second-order valence-electron chi connectivity index (χ2n) is 4.68. The highest BCUT2D eigenvalue weighted by Gasteiger charge is 2.10. The maximum Gasteiger partial charge on any atom is 0.122 e. The summed E-state index contributed by atoms with van der Waals surface area (Å²) in [5.74, 6) is 1.02. The van der Waals surface area contributed by atoms with Gasteiger partial charge in [0.15, 0.2) is 0 Å². The summed E-state index contributed by atoms with van der Waals surface area (Å²) in [5.41, 5.74) is 1.22. The van der Waals surface area contributed by atoms with Gasteiger partial charge in [0.05, 0.1) is 12.8 Å². The van der Waals surface area contributed by atoms with Crippen molar-refractivity contribution < 1.29 is 4.42 Å². The summed E-state index contributed by atoms with van der Waals surface area (Å²) in [4.78, 5) is 2.23. The Balaban J connectivity index is 2.61. The molecule has 0 unspecified atom stereocenters. The minimum Gasteiger partial charge on any atom is -0.468 e. The molecular weight excluding hydrogens is 224 g/mol. The molecule has 1 N–H and O–H groups in total. The van der Waals surface area contributed by atoms with E-state index in [1.807, 2.05) is 18.2 Å². The van der Waals surface area contributed by atoms with E-state index in [-0.39, 0.29) is 0 Å². The predicted molar refractivity (Wildman–Crippen MR) is 76.4 cm³/mol. The largest absolute Gasteiger partial charge is 0.468 e. The zero-order valence-corrected chi connectivity index (χ0v) is 11.5. The minimum absolute atomic E-state index is 0.477. The Morgan fingerprint density at radius 2 is 2.00 bits per heavy atom. The van der Waals surface area contributed by atoms with E-state index in [2.05, 4.69) is 37.2 Å². The summed E-state index contributed by atoms with van der Waals surface area (Å²) in [6, 6.07) is 2.51. The molecule has 0 aliphatic carbocycles. The first-order chi connectivity index (χ1) is 8.67. The Morgan fingerprint density at radius 1 is 1.33 bits per heavy atom. The van der Waals surface area contributed by atoms with Gasteiger partial charge >= 0.3 is 0 Å². The van der Waals surface area contributed by atoms with Crippen LogP contribution in [0.3, 0.4) is 0 Å². The van der Waals surface area contributed by atoms with Crippen LogP contribution in [0.25, 0.3) is 0 Å². The highest BCUT2D eigenvalue weighted by atomic mass is 16.3. The van der Waals surface area contributed by atoms with Gasteiger partial charge in [-0.15, -0.1) is 13.2 Å². The molecule has 0 amide bonds. The fraction of sp³-hybridized carbons (Fsp3) is 0.467. The Bertz CT molecular complexity index is 358. The molecule has 1 aromatic rings. The molecule has 0 bridgehead atoms. The van der Waals surface area contributed by atoms with E-state index in [1.54, 1.807) is 6.26 Å². The third kappa shape index (κ3) is 4.90. The quantitative estimate of drug-likeness (QED) is 0.681. The minimum atomic E-state index is 0.477. The van der Waals surface area contributed by atoms with Crippen LogP contribution in [0, 0.1) is 0 Å². The molecule has 1 aromatic heterocycles. The van der Waals surface area contributed by atoms with Gasteiger partial charge in [-0.2, -0.15) is 0 Å². The first kappa shape index (κ1) is 14.7. The van der Waals surface area contributed by atoms with Gasteiger partial charge in [0, 0.05) is 31.2 Å². The second kappa shape index (κ2) is 7.90. The zero-order valence-electron chi connectivity index (χ0n) is 11.5. The van der Waals surface area contributed by atoms with Crippen molar-refractivity contribution in [2.45, 2.75) is 33.0 Å². The number of hydrogen-bond acceptors (Lipinski definition) is 3. The van der Waals surface area contributed by atoms with Gasteiger partial charge in [-0.3, -0.25) is 4.90 Å². The van der Waals surface area contributed by atoms with E-state index in [0.29, 0.717) is 6.04 Å². The fourth-order valence-corrected chi connectivity index (χ4v) is 1.75. The second-order valence-corrected chi connectivity index (χ2v) is 4.68. The molecule has 0 saturated heterocycles. The first-order valence-corrected chi connectivity index (χ1v) is 6.40. The summed E-state index contributed by atoms with van der Waals surface area (Å²) >= 11 is 0. The van der Waals surface area contributed by atoms with Gasteiger partial charge < -0.3 is 9.73 Å². The molecule has 3 nitrogen and oxygen atoms in total. The van der Waals surface area contributed by atoms with Crippen molar-refractivity contribution in [3.8, 4) is 0 Å². The summed E-state index contributed by atoms with van der Waals surface area (Å²) in [6.07, 6.45) is 5.56. The molecule has 1 rings (SSSR count). The normalized spacial score (nSPS) is 11.1. The number of rotatable bonds is 9. The van der Waals surface area contributed by atoms with Crippen molar-refractivity contribution in [3.05, 3.63) is 49.0 Å². The molecule has 0 aliphatic heterocycles. The summed E-state index contributed by atoms with van der Waals surface area (Å²) in [6.45, 7) is 15.1. The van der Waals surface area contributed by atoms with Crippen molar-refractivity contribution in [1.29, 1.82) is 0 Å². The molecule has 0 saturated carbocycles. The van der Waals surface area contributed by atoms with Crippen LogP contribution in [0.1, 0.15) is 25.2 Å². The van der Waals surface area contributed by atoms with Crippen LogP contribution >= 0.6 is 0 Å². The summed E-state index contributed by atoms with van der Waals surface area (Å²) < 4.78 is 5.57. The van der Waals surface area contributed by atoms with E-state index in [0.717, 1.165) is 31.9 Å². The highest BCUT2D eigenvalue weighted by Crippen LogP contribution is 2.13. The zero-order chi connectivity index (χ0) is 13.4. The van der Waals surface area contributed by atoms with Gasteiger partial charge in [-0.05, 0) is 6.07 Å². The molecule has 0 spiro atoms. The standard InChI is InChI=1S/C15H24N2O/c1-5-8-17(9-6-2)12-15-14(7-10-18-15)11-16-13(3)4/h5-7,10,13,16H,1-2,8-9,11-12H2,3-4H3. The number of hydrogen-bond donors (Lipinski definition) is 1. The molecule has 0 atom stereocenters. The lowest BCUT2D eigenvalue weighted by Gasteiger charge is -2.18. The Kier molecular flexibility index (Phi) is 6.47. The number of nitrogens with zero attached hydrogens (tertiary/aromatic N) is 1. The topological polar surface area (TPSA) is 28.4 Å². The highest BCUT2D eigenvalue weighted by molar-refractivity contribution is 5.17. The molecule has 0 fully saturated rings. The monoisotopic (exact) mass is 248 g/mol. The molecule has 0 aliphatic rings. The molecule has 100 valence electrons. The van der Waals surface area contributed by atoms with E-state index >= 15 is 0 Å². The molecule has 0 radical (unpaired) electrons. The average Bonchev–Trinajstić information content (AvgIpc) is 2.74. The predicted octanol–water partition coefficient (Wildman–Crippen LogP) is 2.95. The maximum atomic E-state index is 5.57. The van der Waals surface area contributed by atoms with Crippen LogP contribution in [0.2, 0.25) is 0 Å². The van der Waals surface area contributed by atoms with Crippen molar-refractivity contribution in [2.75, 3.05) is 13.1 Å². The first-order valence-electron chi connectivity index (χ1n) is 6.40.